The van der Waals surface area contributed by atoms with Crippen LogP contribution in [0.2, 0.25) is 0 Å². The molecule has 0 aliphatic carbocycles. The molecule has 25 heavy (non-hydrogen) atoms. The van der Waals surface area contributed by atoms with Crippen molar-refractivity contribution in [3.63, 3.8) is 0 Å². The van der Waals surface area contributed by atoms with E-state index in [0.29, 0.717) is 30.6 Å². The van der Waals surface area contributed by atoms with Crippen molar-refractivity contribution in [3.05, 3.63) is 29.3 Å². The fourth-order valence-corrected chi connectivity index (χ4v) is 2.90. The predicted octanol–water partition coefficient (Wildman–Crippen LogP) is 2.46. The second kappa shape index (κ2) is 8.00. The molecule has 1 fully saturated rings. The Morgan fingerprint density at radius 2 is 2.00 bits per heavy atom. The number of rotatable bonds is 4. The van der Waals surface area contributed by atoms with Crippen LogP contribution < -0.4 is 10.6 Å². The van der Waals surface area contributed by atoms with Gasteiger partial charge in [0.2, 0.25) is 0 Å². The molecule has 0 spiro atoms. The molecule has 0 radical (unpaired) electrons. The molecular weight excluding hydrogens is 322 g/mol. The Bertz CT molecular complexity index is 672. The Kier molecular flexibility index (Phi) is 6.01. The third-order valence-electron chi connectivity index (χ3n) is 4.20. The lowest BCUT2D eigenvalue weighted by molar-refractivity contribution is -0.143. The van der Waals surface area contributed by atoms with Crippen LogP contribution in [0.25, 0.3) is 0 Å². The molecule has 3 amide bonds. The van der Waals surface area contributed by atoms with Crippen molar-refractivity contribution in [2.24, 2.45) is 5.92 Å². The molecule has 1 heterocycles. The van der Waals surface area contributed by atoms with Crippen LogP contribution in [0.4, 0.5) is 10.5 Å². The number of piperidine rings is 1. The minimum absolute atomic E-state index is 0.0487. The molecule has 3 N–H and O–H groups in total. The third-order valence-corrected chi connectivity index (χ3v) is 4.20. The molecule has 1 aromatic carbocycles. The highest BCUT2D eigenvalue weighted by Gasteiger charge is 2.28. The van der Waals surface area contributed by atoms with Gasteiger partial charge < -0.3 is 20.6 Å². The number of hydrogen-bond acceptors (Lipinski definition) is 3. The Labute approximate surface area is 147 Å². The summed E-state index contributed by atoms with van der Waals surface area (Å²) in [6.07, 6.45) is 1.27. The lowest BCUT2D eigenvalue weighted by Crippen LogP contribution is -2.44. The summed E-state index contributed by atoms with van der Waals surface area (Å²) in [6.45, 7) is 6.36. The van der Waals surface area contributed by atoms with Gasteiger partial charge in [-0.3, -0.25) is 9.59 Å². The van der Waals surface area contributed by atoms with E-state index in [1.165, 1.54) is 4.90 Å². The molecule has 0 bridgehead atoms. The summed E-state index contributed by atoms with van der Waals surface area (Å²) >= 11 is 0. The fraction of sp³-hybridized carbons (Fsp3) is 0.500. The minimum Gasteiger partial charge on any atom is -0.481 e. The normalized spacial score (nSPS) is 17.3. The summed E-state index contributed by atoms with van der Waals surface area (Å²) in [6, 6.07) is 4.83. The summed E-state index contributed by atoms with van der Waals surface area (Å²) in [7, 11) is 0. The van der Waals surface area contributed by atoms with E-state index in [4.69, 9.17) is 5.11 Å². The fourth-order valence-electron chi connectivity index (χ4n) is 2.90. The monoisotopic (exact) mass is 347 g/mol. The first kappa shape index (κ1) is 18.8. The number of hydrogen-bond donors (Lipinski definition) is 3. The Morgan fingerprint density at radius 1 is 1.28 bits per heavy atom. The molecule has 1 saturated heterocycles. The van der Waals surface area contributed by atoms with Crippen LogP contribution in [0.3, 0.4) is 0 Å². The number of aryl methyl sites for hydroxylation is 1. The highest BCUT2D eigenvalue weighted by molar-refractivity contribution is 5.97. The van der Waals surface area contributed by atoms with Gasteiger partial charge in [-0.2, -0.15) is 0 Å². The van der Waals surface area contributed by atoms with Crippen LogP contribution in [-0.4, -0.2) is 47.0 Å². The van der Waals surface area contributed by atoms with Crippen molar-refractivity contribution >= 4 is 23.6 Å². The Hall–Kier alpha value is -2.57. The van der Waals surface area contributed by atoms with E-state index in [-0.39, 0.29) is 24.5 Å². The van der Waals surface area contributed by atoms with Gasteiger partial charge in [-0.15, -0.1) is 0 Å². The number of carboxylic acid groups (broad SMARTS) is 1. The number of anilines is 1. The number of benzene rings is 1. The maximum absolute atomic E-state index is 12.4. The number of urea groups is 1. The second-order valence-corrected chi connectivity index (χ2v) is 6.71. The molecule has 2 rings (SSSR count). The summed E-state index contributed by atoms with van der Waals surface area (Å²) in [5, 5.41) is 14.7. The number of aliphatic carboxylic acids is 1. The average Bonchev–Trinajstić information content (AvgIpc) is 2.54. The molecule has 136 valence electrons. The summed E-state index contributed by atoms with van der Waals surface area (Å²) in [5.74, 6) is -1.53. The molecular formula is C18H25N3O4. The van der Waals surface area contributed by atoms with Crippen molar-refractivity contribution in [3.8, 4) is 0 Å². The highest BCUT2D eigenvalue weighted by atomic mass is 16.4. The van der Waals surface area contributed by atoms with Crippen LogP contribution in [0, 0.1) is 12.8 Å². The highest BCUT2D eigenvalue weighted by Crippen LogP contribution is 2.19. The van der Waals surface area contributed by atoms with Crippen LogP contribution in [-0.2, 0) is 4.79 Å². The van der Waals surface area contributed by atoms with Gasteiger partial charge in [0.25, 0.3) is 5.91 Å². The Balaban J connectivity index is 2.02. The van der Waals surface area contributed by atoms with Gasteiger partial charge in [0.05, 0.1) is 5.92 Å². The number of carbonyl (C=O) groups excluding carboxylic acids is 2. The first-order chi connectivity index (χ1) is 11.8. The van der Waals surface area contributed by atoms with Gasteiger partial charge in [0.1, 0.15) is 0 Å². The van der Waals surface area contributed by atoms with Gasteiger partial charge in [0.15, 0.2) is 0 Å². The molecule has 0 saturated carbocycles. The van der Waals surface area contributed by atoms with E-state index < -0.39 is 11.9 Å². The summed E-state index contributed by atoms with van der Waals surface area (Å²) in [5.41, 5.74) is 1.91. The topological polar surface area (TPSA) is 98.7 Å². The SMILES string of the molecule is Cc1cc(NC(=O)N2CCCC(C(=O)O)C2)ccc1C(=O)NC(C)C. The number of amides is 3. The van der Waals surface area contributed by atoms with Crippen molar-refractivity contribution < 1.29 is 19.5 Å². The van der Waals surface area contributed by atoms with E-state index in [1.54, 1.807) is 18.2 Å². The molecule has 1 aliphatic heterocycles. The zero-order chi connectivity index (χ0) is 18.6. The number of nitrogens with zero attached hydrogens (tertiary/aromatic N) is 1. The lowest BCUT2D eigenvalue weighted by atomic mass is 9.99. The smallest absolute Gasteiger partial charge is 0.321 e. The average molecular weight is 347 g/mol. The first-order valence-corrected chi connectivity index (χ1v) is 8.48. The molecule has 7 nitrogen and oxygen atoms in total. The van der Waals surface area contributed by atoms with Gasteiger partial charge in [0, 0.05) is 30.4 Å². The summed E-state index contributed by atoms with van der Waals surface area (Å²) < 4.78 is 0. The van der Waals surface area contributed by atoms with Crippen molar-refractivity contribution in [1.82, 2.24) is 10.2 Å². The third kappa shape index (κ3) is 4.95. The van der Waals surface area contributed by atoms with E-state index >= 15 is 0 Å². The van der Waals surface area contributed by atoms with E-state index in [0.717, 1.165) is 5.56 Å². The quantitative estimate of drug-likeness (QED) is 0.779. The predicted molar refractivity (Wildman–Crippen MR) is 94.7 cm³/mol. The van der Waals surface area contributed by atoms with Crippen LogP contribution in [0.15, 0.2) is 18.2 Å². The first-order valence-electron chi connectivity index (χ1n) is 8.48. The molecule has 0 aromatic heterocycles. The van der Waals surface area contributed by atoms with Crippen molar-refractivity contribution in [2.75, 3.05) is 18.4 Å². The van der Waals surface area contributed by atoms with Crippen LogP contribution in [0.5, 0.6) is 0 Å². The number of likely N-dealkylation sites (tertiary alicyclic amines) is 1. The second-order valence-electron chi connectivity index (χ2n) is 6.71. The van der Waals surface area contributed by atoms with Crippen molar-refractivity contribution in [1.29, 1.82) is 0 Å². The molecule has 1 aliphatic rings. The zero-order valence-corrected chi connectivity index (χ0v) is 14.8. The van der Waals surface area contributed by atoms with Crippen LogP contribution in [0.1, 0.15) is 42.6 Å². The maximum Gasteiger partial charge on any atom is 0.321 e. The van der Waals surface area contributed by atoms with Crippen LogP contribution >= 0.6 is 0 Å². The zero-order valence-electron chi connectivity index (χ0n) is 14.8. The van der Waals surface area contributed by atoms with Gasteiger partial charge in [-0.05, 0) is 57.4 Å². The largest absolute Gasteiger partial charge is 0.481 e. The van der Waals surface area contributed by atoms with Gasteiger partial charge in [-0.1, -0.05) is 0 Å². The number of carboxylic acids is 1. The van der Waals surface area contributed by atoms with E-state index in [2.05, 4.69) is 10.6 Å². The molecule has 1 aromatic rings. The lowest BCUT2D eigenvalue weighted by Gasteiger charge is -2.30. The Morgan fingerprint density at radius 3 is 2.60 bits per heavy atom. The standard InChI is InChI=1S/C18H25N3O4/c1-11(2)19-16(22)15-7-6-14(9-12(15)3)20-18(25)21-8-4-5-13(10-21)17(23)24/h6-7,9,11,13H,4-5,8,10H2,1-3H3,(H,19,22)(H,20,25)(H,23,24). The summed E-state index contributed by atoms with van der Waals surface area (Å²) in [4.78, 5) is 37.1. The van der Waals surface area contributed by atoms with E-state index in [9.17, 15) is 14.4 Å². The van der Waals surface area contributed by atoms with Gasteiger partial charge in [-0.25, -0.2) is 4.79 Å². The minimum atomic E-state index is -0.867. The number of carbonyl (C=O) groups is 3. The van der Waals surface area contributed by atoms with Crippen molar-refractivity contribution in [2.45, 2.75) is 39.7 Å². The molecule has 7 heteroatoms. The molecule has 1 unspecified atom stereocenters. The maximum atomic E-state index is 12.4. The van der Waals surface area contributed by atoms with Gasteiger partial charge >= 0.3 is 12.0 Å². The van der Waals surface area contributed by atoms with E-state index in [1.807, 2.05) is 20.8 Å². The molecule has 1 atom stereocenters. The number of nitrogens with one attached hydrogen (secondary N) is 2.